The highest BCUT2D eigenvalue weighted by molar-refractivity contribution is 6.05. The monoisotopic (exact) mass is 607 g/mol. The molecule has 0 bridgehead atoms. The summed E-state index contributed by atoms with van der Waals surface area (Å²) < 4.78 is 7.74. The second kappa shape index (κ2) is 14.9. The largest absolute Gasteiger partial charge is 0.381 e. The number of rotatable bonds is 15. The Balaban J connectivity index is 0.896. The van der Waals surface area contributed by atoms with E-state index in [2.05, 4.69) is 39.4 Å². The van der Waals surface area contributed by atoms with E-state index in [0.29, 0.717) is 30.8 Å². The number of aromatic nitrogens is 3. The van der Waals surface area contributed by atoms with Crippen molar-refractivity contribution in [1.29, 1.82) is 0 Å². The number of imide groups is 1. The average molecular weight is 608 g/mol. The number of hydrogen-bond acceptors (Lipinski definition) is 8. The lowest BCUT2D eigenvalue weighted by atomic mass is 9.74. The third-order valence-corrected chi connectivity index (χ3v) is 9.03. The fraction of sp³-hybridized carbons (Fsp3) is 0.625. The van der Waals surface area contributed by atoms with Gasteiger partial charge in [-0.05, 0) is 75.3 Å². The standard InChI is InChI=1S/C32H45N7O5/c1-32(13-4-2-5-14-32)27-22-38(37-36-27)16-6-3-7-17-44-18-8-15-33-20-29(41)34-24-9-10-25-23(19-24)21-39(31(25)43)26-11-12-28(40)35-30(26)42/h9-10,19,22,26,33H,2-8,11-18,20-21H2,1H3,(H,34,41)(H,35,40,42). The minimum absolute atomic E-state index is 0.168. The zero-order chi connectivity index (χ0) is 30.9. The zero-order valence-electron chi connectivity index (χ0n) is 25.7. The number of anilines is 1. The molecule has 0 radical (unpaired) electrons. The number of piperidine rings is 1. The Hall–Kier alpha value is -3.64. The highest BCUT2D eigenvalue weighted by atomic mass is 16.5. The van der Waals surface area contributed by atoms with Crippen LogP contribution in [-0.2, 0) is 37.6 Å². The van der Waals surface area contributed by atoms with Crippen LogP contribution in [0.1, 0.15) is 99.2 Å². The van der Waals surface area contributed by atoms with E-state index in [9.17, 15) is 19.2 Å². The minimum Gasteiger partial charge on any atom is -0.381 e. The van der Waals surface area contributed by atoms with Crippen LogP contribution in [0, 0.1) is 0 Å². The third-order valence-electron chi connectivity index (χ3n) is 9.03. The first-order chi connectivity index (χ1) is 21.3. The highest BCUT2D eigenvalue weighted by Gasteiger charge is 2.39. The number of fused-ring (bicyclic) bond motifs is 1. The van der Waals surface area contributed by atoms with Crippen LogP contribution in [0.4, 0.5) is 5.69 Å². The van der Waals surface area contributed by atoms with Crippen LogP contribution in [0.2, 0.25) is 0 Å². The molecule has 3 aliphatic rings. The first-order valence-corrected chi connectivity index (χ1v) is 16.1. The summed E-state index contributed by atoms with van der Waals surface area (Å²) in [6.45, 7) is 5.68. The number of ether oxygens (including phenoxy) is 1. The van der Waals surface area contributed by atoms with Crippen molar-refractivity contribution in [3.63, 3.8) is 0 Å². The number of hydrogen-bond donors (Lipinski definition) is 3. The molecule has 2 aliphatic heterocycles. The number of nitrogens with one attached hydrogen (secondary N) is 3. The van der Waals surface area contributed by atoms with Crippen LogP contribution in [0.15, 0.2) is 24.4 Å². The van der Waals surface area contributed by atoms with Gasteiger partial charge >= 0.3 is 0 Å². The fourth-order valence-electron chi connectivity index (χ4n) is 6.39. The maximum absolute atomic E-state index is 12.8. The van der Waals surface area contributed by atoms with Gasteiger partial charge in [-0.2, -0.15) is 0 Å². The molecule has 5 rings (SSSR count). The Bertz CT molecular complexity index is 1340. The van der Waals surface area contributed by atoms with Gasteiger partial charge in [-0.1, -0.05) is 31.4 Å². The Kier molecular flexibility index (Phi) is 10.8. The number of benzene rings is 1. The molecular weight excluding hydrogens is 562 g/mol. The molecule has 2 fully saturated rings. The molecule has 1 unspecified atom stereocenters. The first-order valence-electron chi connectivity index (χ1n) is 16.1. The molecule has 3 N–H and O–H groups in total. The Morgan fingerprint density at radius 3 is 2.73 bits per heavy atom. The van der Waals surface area contributed by atoms with Crippen LogP contribution in [0.3, 0.4) is 0 Å². The molecule has 44 heavy (non-hydrogen) atoms. The summed E-state index contributed by atoms with van der Waals surface area (Å²) in [5, 5.41) is 17.1. The molecule has 1 atom stereocenters. The van der Waals surface area contributed by atoms with Gasteiger partial charge in [0.1, 0.15) is 6.04 Å². The number of aryl methyl sites for hydroxylation is 1. The quantitative estimate of drug-likeness (QED) is 0.207. The van der Waals surface area contributed by atoms with E-state index < -0.39 is 11.9 Å². The number of nitrogens with zero attached hydrogens (tertiary/aromatic N) is 4. The van der Waals surface area contributed by atoms with Crippen LogP contribution in [0.25, 0.3) is 0 Å². The Morgan fingerprint density at radius 1 is 1.09 bits per heavy atom. The van der Waals surface area contributed by atoms with Crippen molar-refractivity contribution in [3.05, 3.63) is 41.2 Å². The summed E-state index contributed by atoms with van der Waals surface area (Å²) in [4.78, 5) is 50.4. The Labute approximate surface area is 258 Å². The number of carbonyl (C=O) groups is 4. The second-order valence-corrected chi connectivity index (χ2v) is 12.5. The minimum atomic E-state index is -0.660. The maximum atomic E-state index is 12.8. The predicted molar refractivity (Wildman–Crippen MR) is 164 cm³/mol. The van der Waals surface area contributed by atoms with Crippen molar-refractivity contribution in [2.75, 3.05) is 31.6 Å². The SMILES string of the molecule is CC1(c2cn(CCCCCOCCCNCC(=O)Nc3ccc4c(c3)CN(C3CCC(=O)NC3=O)C4=O)nn2)CCCCC1. The highest BCUT2D eigenvalue weighted by Crippen LogP contribution is 2.37. The van der Waals surface area contributed by atoms with E-state index in [-0.39, 0.29) is 42.6 Å². The van der Waals surface area contributed by atoms with Gasteiger partial charge in [-0.15, -0.1) is 5.10 Å². The lowest BCUT2D eigenvalue weighted by molar-refractivity contribution is -0.137. The van der Waals surface area contributed by atoms with Gasteiger partial charge in [-0.25, -0.2) is 0 Å². The summed E-state index contributed by atoms with van der Waals surface area (Å²) in [5.41, 5.74) is 3.20. The normalized spacial score (nSPS) is 19.6. The summed E-state index contributed by atoms with van der Waals surface area (Å²) >= 11 is 0. The predicted octanol–water partition coefficient (Wildman–Crippen LogP) is 3.07. The molecule has 2 aromatic rings. The molecule has 0 spiro atoms. The zero-order valence-corrected chi connectivity index (χ0v) is 25.7. The van der Waals surface area contributed by atoms with Crippen LogP contribution in [0.5, 0.6) is 0 Å². The molecule has 1 aliphatic carbocycles. The van der Waals surface area contributed by atoms with E-state index in [4.69, 9.17) is 4.74 Å². The fourth-order valence-corrected chi connectivity index (χ4v) is 6.39. The van der Waals surface area contributed by atoms with E-state index >= 15 is 0 Å². The molecule has 1 aromatic heterocycles. The molecule has 1 aromatic carbocycles. The van der Waals surface area contributed by atoms with Crippen LogP contribution < -0.4 is 16.0 Å². The second-order valence-electron chi connectivity index (χ2n) is 12.5. The van der Waals surface area contributed by atoms with Crippen molar-refractivity contribution in [1.82, 2.24) is 30.5 Å². The van der Waals surface area contributed by atoms with Gasteiger partial charge < -0.3 is 20.3 Å². The average Bonchev–Trinajstić information content (AvgIpc) is 3.61. The first kappa shape index (κ1) is 31.8. The molecule has 12 heteroatoms. The number of amides is 4. The molecular formula is C32H45N7O5. The summed E-state index contributed by atoms with van der Waals surface area (Å²) in [7, 11) is 0. The number of carbonyl (C=O) groups excluding carboxylic acids is 4. The van der Waals surface area contributed by atoms with Gasteiger partial charge in [0.05, 0.1) is 12.2 Å². The van der Waals surface area contributed by atoms with Gasteiger partial charge in [0.25, 0.3) is 5.91 Å². The molecule has 12 nitrogen and oxygen atoms in total. The molecule has 1 saturated heterocycles. The topological polar surface area (TPSA) is 148 Å². The van der Waals surface area contributed by atoms with Gasteiger partial charge in [0.15, 0.2) is 0 Å². The number of unbranched alkanes of at least 4 members (excludes halogenated alkanes) is 2. The molecule has 4 amide bonds. The Morgan fingerprint density at radius 2 is 1.91 bits per heavy atom. The van der Waals surface area contributed by atoms with E-state index in [1.807, 2.05) is 4.68 Å². The van der Waals surface area contributed by atoms with Crippen molar-refractivity contribution in [2.45, 2.75) is 102 Å². The lowest BCUT2D eigenvalue weighted by Crippen LogP contribution is -2.52. The van der Waals surface area contributed by atoms with Crippen molar-refractivity contribution < 1.29 is 23.9 Å². The van der Waals surface area contributed by atoms with E-state index in [1.165, 1.54) is 37.0 Å². The molecule has 238 valence electrons. The summed E-state index contributed by atoms with van der Waals surface area (Å²) in [6.07, 6.45) is 12.9. The van der Waals surface area contributed by atoms with E-state index in [1.54, 1.807) is 18.2 Å². The van der Waals surface area contributed by atoms with E-state index in [0.717, 1.165) is 50.1 Å². The summed E-state index contributed by atoms with van der Waals surface area (Å²) in [6, 6.07) is 4.47. The molecule has 1 saturated carbocycles. The lowest BCUT2D eigenvalue weighted by Gasteiger charge is -2.31. The summed E-state index contributed by atoms with van der Waals surface area (Å²) in [5.74, 6) is -1.17. The van der Waals surface area contributed by atoms with Crippen LogP contribution >= 0.6 is 0 Å². The molecule has 3 heterocycles. The van der Waals surface area contributed by atoms with Crippen molar-refractivity contribution in [2.24, 2.45) is 0 Å². The smallest absolute Gasteiger partial charge is 0.255 e. The third kappa shape index (κ3) is 8.09. The van der Waals surface area contributed by atoms with Gasteiger partial charge in [0.2, 0.25) is 17.7 Å². The maximum Gasteiger partial charge on any atom is 0.255 e. The van der Waals surface area contributed by atoms with Gasteiger partial charge in [0, 0.05) is 55.6 Å². The van der Waals surface area contributed by atoms with Gasteiger partial charge in [-0.3, -0.25) is 29.2 Å². The van der Waals surface area contributed by atoms with Crippen molar-refractivity contribution in [3.8, 4) is 0 Å². The van der Waals surface area contributed by atoms with Crippen LogP contribution in [-0.4, -0.2) is 75.9 Å². The van der Waals surface area contributed by atoms with Crippen molar-refractivity contribution >= 4 is 29.3 Å².